The second-order valence-electron chi connectivity index (χ2n) is 3.77. The van der Waals surface area contributed by atoms with Crippen LogP contribution in [0, 0.1) is 5.82 Å². The molecule has 2 aromatic carbocycles. The number of rotatable bonds is 4. The zero-order valence-electron chi connectivity index (χ0n) is 9.80. The van der Waals surface area contributed by atoms with E-state index in [1.54, 1.807) is 12.1 Å². The molecule has 0 aliphatic rings. The van der Waals surface area contributed by atoms with Crippen LogP contribution in [-0.4, -0.2) is 12.2 Å². The highest BCUT2D eigenvalue weighted by Crippen LogP contribution is 2.27. The van der Waals surface area contributed by atoms with Gasteiger partial charge in [0, 0.05) is 5.56 Å². The first-order valence-corrected chi connectivity index (χ1v) is 5.43. The van der Waals surface area contributed by atoms with E-state index in [-0.39, 0.29) is 22.6 Å². The minimum Gasteiger partial charge on any atom is -0.453 e. The molecule has 0 radical (unpaired) electrons. The Morgan fingerprint density at radius 1 is 1.16 bits per heavy atom. The van der Waals surface area contributed by atoms with Gasteiger partial charge in [0.2, 0.25) is 0 Å². The van der Waals surface area contributed by atoms with Gasteiger partial charge in [-0.2, -0.15) is 0 Å². The van der Waals surface area contributed by atoms with Gasteiger partial charge in [-0.3, -0.25) is 9.59 Å². The Labute approximate surface area is 108 Å². The molecule has 2 N–H and O–H groups in total. The van der Waals surface area contributed by atoms with Gasteiger partial charge in [-0.1, -0.05) is 12.1 Å². The van der Waals surface area contributed by atoms with Gasteiger partial charge in [-0.25, -0.2) is 4.39 Å². The number of para-hydroxylation sites is 1. The van der Waals surface area contributed by atoms with E-state index in [2.05, 4.69) is 0 Å². The first kappa shape index (κ1) is 12.8. The van der Waals surface area contributed by atoms with Gasteiger partial charge in [0.1, 0.15) is 12.0 Å². The molecule has 96 valence electrons. The van der Waals surface area contributed by atoms with E-state index in [0.717, 1.165) is 6.07 Å². The molecule has 0 aromatic heterocycles. The minimum atomic E-state index is -0.691. The summed E-state index contributed by atoms with van der Waals surface area (Å²) < 4.78 is 19.0. The molecular weight excluding hydrogens is 249 g/mol. The summed E-state index contributed by atoms with van der Waals surface area (Å²) in [4.78, 5) is 21.7. The fraction of sp³-hybridized carbons (Fsp3) is 0. The predicted molar refractivity (Wildman–Crippen MR) is 66.8 cm³/mol. The maximum atomic E-state index is 13.7. The molecular formula is C14H10FNO3. The van der Waals surface area contributed by atoms with Crippen molar-refractivity contribution in [1.29, 1.82) is 0 Å². The van der Waals surface area contributed by atoms with Crippen LogP contribution < -0.4 is 10.5 Å². The van der Waals surface area contributed by atoms with Gasteiger partial charge in [0.05, 0.1) is 5.56 Å². The van der Waals surface area contributed by atoms with Crippen molar-refractivity contribution in [2.45, 2.75) is 0 Å². The molecule has 1 amide bonds. The number of benzene rings is 2. The average Bonchev–Trinajstić information content (AvgIpc) is 2.41. The molecule has 0 aliphatic heterocycles. The number of amides is 1. The average molecular weight is 259 g/mol. The Bertz CT molecular complexity index is 640. The van der Waals surface area contributed by atoms with Crippen LogP contribution in [-0.2, 0) is 0 Å². The van der Waals surface area contributed by atoms with Gasteiger partial charge in [-0.05, 0) is 30.3 Å². The van der Waals surface area contributed by atoms with Crippen molar-refractivity contribution < 1.29 is 18.7 Å². The van der Waals surface area contributed by atoms with Crippen molar-refractivity contribution in [2.75, 3.05) is 0 Å². The Hall–Kier alpha value is -2.69. The van der Waals surface area contributed by atoms with Crippen LogP contribution >= 0.6 is 0 Å². The van der Waals surface area contributed by atoms with Crippen LogP contribution in [0.2, 0.25) is 0 Å². The molecule has 2 rings (SSSR count). The smallest absolute Gasteiger partial charge is 0.252 e. The van der Waals surface area contributed by atoms with E-state index < -0.39 is 11.7 Å². The van der Waals surface area contributed by atoms with E-state index in [4.69, 9.17) is 10.5 Å². The molecule has 19 heavy (non-hydrogen) atoms. The summed E-state index contributed by atoms with van der Waals surface area (Å²) in [6.45, 7) is 0. The number of carbonyl (C=O) groups is 2. The largest absolute Gasteiger partial charge is 0.453 e. The topological polar surface area (TPSA) is 69.4 Å². The lowest BCUT2D eigenvalue weighted by Gasteiger charge is -2.09. The Kier molecular flexibility index (Phi) is 3.56. The van der Waals surface area contributed by atoms with Gasteiger partial charge >= 0.3 is 0 Å². The minimum absolute atomic E-state index is 0.0840. The van der Waals surface area contributed by atoms with E-state index in [9.17, 15) is 14.0 Å². The number of primary amides is 1. The lowest BCUT2D eigenvalue weighted by Crippen LogP contribution is -2.12. The SMILES string of the molecule is NC(=O)c1ccccc1Oc1ccc(C=O)cc1F. The molecule has 0 atom stereocenters. The molecule has 0 saturated carbocycles. The molecule has 0 saturated heterocycles. The lowest BCUT2D eigenvalue weighted by molar-refractivity contribution is 0.0997. The summed E-state index contributed by atoms with van der Waals surface area (Å²) in [5.41, 5.74) is 5.55. The number of carbonyl (C=O) groups excluding carboxylic acids is 2. The van der Waals surface area contributed by atoms with Crippen molar-refractivity contribution in [1.82, 2.24) is 0 Å². The van der Waals surface area contributed by atoms with Gasteiger partial charge in [0.15, 0.2) is 11.6 Å². The molecule has 0 unspecified atom stereocenters. The number of halogens is 1. The summed E-state index contributed by atoms with van der Waals surface area (Å²) in [5, 5.41) is 0. The summed E-state index contributed by atoms with van der Waals surface area (Å²) in [6, 6.07) is 10.0. The highest BCUT2D eigenvalue weighted by molar-refractivity contribution is 5.95. The van der Waals surface area contributed by atoms with Crippen molar-refractivity contribution in [3.05, 3.63) is 59.4 Å². The van der Waals surface area contributed by atoms with Crippen LogP contribution in [0.4, 0.5) is 4.39 Å². The van der Waals surface area contributed by atoms with E-state index in [0.29, 0.717) is 6.29 Å². The van der Waals surface area contributed by atoms with Crippen LogP contribution in [0.15, 0.2) is 42.5 Å². The molecule has 0 bridgehead atoms. The van der Waals surface area contributed by atoms with Gasteiger partial charge in [-0.15, -0.1) is 0 Å². The van der Waals surface area contributed by atoms with E-state index >= 15 is 0 Å². The van der Waals surface area contributed by atoms with E-state index in [1.807, 2.05) is 0 Å². The molecule has 0 aliphatic carbocycles. The zero-order valence-corrected chi connectivity index (χ0v) is 9.80. The third kappa shape index (κ3) is 2.77. The van der Waals surface area contributed by atoms with Crippen molar-refractivity contribution in [2.24, 2.45) is 5.73 Å². The highest BCUT2D eigenvalue weighted by Gasteiger charge is 2.11. The van der Waals surface area contributed by atoms with Crippen LogP contribution in [0.3, 0.4) is 0 Å². The highest BCUT2D eigenvalue weighted by atomic mass is 19.1. The quantitative estimate of drug-likeness (QED) is 0.858. The number of hydrogen-bond donors (Lipinski definition) is 1. The summed E-state index contributed by atoms with van der Waals surface area (Å²) in [5.74, 6) is -1.28. The second kappa shape index (κ2) is 5.30. The zero-order chi connectivity index (χ0) is 13.8. The monoisotopic (exact) mass is 259 g/mol. The standard InChI is InChI=1S/C14H10FNO3/c15-11-7-9(8-17)5-6-13(11)19-12-4-2-1-3-10(12)14(16)18/h1-8H,(H2,16,18). The number of nitrogens with two attached hydrogens (primary N) is 1. The Morgan fingerprint density at radius 2 is 1.89 bits per heavy atom. The summed E-state index contributed by atoms with van der Waals surface area (Å²) in [6.07, 6.45) is 0.532. The normalized spacial score (nSPS) is 9.95. The van der Waals surface area contributed by atoms with E-state index in [1.165, 1.54) is 24.3 Å². The van der Waals surface area contributed by atoms with Gasteiger partial charge in [0.25, 0.3) is 5.91 Å². The maximum absolute atomic E-state index is 13.7. The van der Waals surface area contributed by atoms with Gasteiger partial charge < -0.3 is 10.5 Å². The molecule has 4 nitrogen and oxygen atoms in total. The first-order chi connectivity index (χ1) is 9.11. The number of hydrogen-bond acceptors (Lipinski definition) is 3. The third-order valence-electron chi connectivity index (χ3n) is 2.46. The fourth-order valence-corrected chi connectivity index (χ4v) is 1.55. The summed E-state index contributed by atoms with van der Waals surface area (Å²) in [7, 11) is 0. The lowest BCUT2D eigenvalue weighted by atomic mass is 10.2. The summed E-state index contributed by atoms with van der Waals surface area (Å²) >= 11 is 0. The first-order valence-electron chi connectivity index (χ1n) is 5.43. The van der Waals surface area contributed by atoms with Crippen LogP contribution in [0.25, 0.3) is 0 Å². The molecule has 2 aromatic rings. The predicted octanol–water partition coefficient (Wildman–Crippen LogP) is 2.53. The number of ether oxygens (including phenoxy) is 1. The number of aldehydes is 1. The molecule has 0 spiro atoms. The van der Waals surface area contributed by atoms with Crippen molar-refractivity contribution in [3.63, 3.8) is 0 Å². The fourth-order valence-electron chi connectivity index (χ4n) is 1.55. The Morgan fingerprint density at radius 3 is 2.53 bits per heavy atom. The second-order valence-corrected chi connectivity index (χ2v) is 3.77. The molecule has 5 heteroatoms. The van der Waals surface area contributed by atoms with Crippen LogP contribution in [0.5, 0.6) is 11.5 Å². The third-order valence-corrected chi connectivity index (χ3v) is 2.46. The molecule has 0 heterocycles. The Balaban J connectivity index is 2.36. The van der Waals surface area contributed by atoms with Crippen molar-refractivity contribution >= 4 is 12.2 Å². The van der Waals surface area contributed by atoms with Crippen molar-refractivity contribution in [3.8, 4) is 11.5 Å². The van der Waals surface area contributed by atoms with Crippen LogP contribution in [0.1, 0.15) is 20.7 Å². The molecule has 0 fully saturated rings. The maximum Gasteiger partial charge on any atom is 0.252 e.